The van der Waals surface area contributed by atoms with Crippen LogP contribution in [0.4, 0.5) is 3.89 Å². The van der Waals surface area contributed by atoms with Crippen molar-refractivity contribution < 1.29 is 12.3 Å². The third-order valence-corrected chi connectivity index (χ3v) is 2.26. The summed E-state index contributed by atoms with van der Waals surface area (Å²) in [4.78, 5) is 7.16. The molecular weight excluding hydrogens is 197 g/mol. The van der Waals surface area contributed by atoms with Gasteiger partial charge in [-0.25, -0.2) is 4.98 Å². The fourth-order valence-electron chi connectivity index (χ4n) is 1.01. The zero-order valence-electron chi connectivity index (χ0n) is 6.25. The van der Waals surface area contributed by atoms with Gasteiger partial charge in [0.05, 0.1) is 17.9 Å². The summed E-state index contributed by atoms with van der Waals surface area (Å²) in [5.41, 5.74) is 0.429. The molecule has 2 aromatic rings. The lowest BCUT2D eigenvalue weighted by Crippen LogP contribution is -1.99. The van der Waals surface area contributed by atoms with E-state index in [4.69, 9.17) is 0 Å². The normalized spacial score (nSPS) is 12.1. The first-order valence-corrected chi connectivity index (χ1v) is 4.69. The van der Waals surface area contributed by atoms with Crippen LogP contribution in [-0.4, -0.2) is 22.8 Å². The molecule has 2 heterocycles. The number of hydrogen-bond donors (Lipinski definition) is 0. The zero-order chi connectivity index (χ0) is 9.47. The van der Waals surface area contributed by atoms with Gasteiger partial charge in [-0.15, -0.1) is 0 Å². The summed E-state index contributed by atoms with van der Waals surface area (Å²) >= 11 is 0. The van der Waals surface area contributed by atoms with Crippen LogP contribution in [0, 0.1) is 0 Å². The van der Waals surface area contributed by atoms with Crippen molar-refractivity contribution in [3.05, 3.63) is 24.8 Å². The summed E-state index contributed by atoms with van der Waals surface area (Å²) in [6.07, 6.45) is 5.30. The fraction of sp³-hybridized carbons (Fsp3) is 0. The Hall–Kier alpha value is -1.50. The first-order chi connectivity index (χ1) is 6.09. The van der Waals surface area contributed by atoms with Crippen molar-refractivity contribution in [1.29, 1.82) is 0 Å². The van der Waals surface area contributed by atoms with Crippen LogP contribution in [0.2, 0.25) is 0 Å². The molecular formula is C6H4FN3O2S. The fourth-order valence-corrected chi connectivity index (χ4v) is 1.59. The van der Waals surface area contributed by atoms with Crippen LogP contribution < -0.4 is 0 Å². The molecule has 13 heavy (non-hydrogen) atoms. The maximum absolute atomic E-state index is 12.6. The van der Waals surface area contributed by atoms with Gasteiger partial charge in [0.1, 0.15) is 0 Å². The first-order valence-electron chi connectivity index (χ1n) is 3.31. The minimum Gasteiger partial charge on any atom is -0.285 e. The summed E-state index contributed by atoms with van der Waals surface area (Å²) < 4.78 is 34.7. The van der Waals surface area contributed by atoms with Gasteiger partial charge in [-0.2, -0.15) is 8.42 Å². The topological polar surface area (TPSA) is 64.3 Å². The van der Waals surface area contributed by atoms with Crippen LogP contribution in [0.3, 0.4) is 0 Å². The molecule has 0 saturated heterocycles. The zero-order valence-corrected chi connectivity index (χ0v) is 7.07. The van der Waals surface area contributed by atoms with E-state index in [9.17, 15) is 12.3 Å². The van der Waals surface area contributed by atoms with Crippen LogP contribution in [0.25, 0.3) is 5.52 Å². The average Bonchev–Trinajstić information content (AvgIpc) is 2.45. The number of nitrogens with zero attached hydrogens (tertiary/aromatic N) is 3. The molecule has 0 unspecified atom stereocenters. The van der Waals surface area contributed by atoms with Crippen LogP contribution in [-0.2, 0) is 10.2 Å². The van der Waals surface area contributed by atoms with Gasteiger partial charge in [0.15, 0.2) is 0 Å². The number of rotatable bonds is 1. The van der Waals surface area contributed by atoms with Crippen LogP contribution in [0.15, 0.2) is 29.9 Å². The van der Waals surface area contributed by atoms with Crippen molar-refractivity contribution in [1.82, 2.24) is 14.4 Å². The Morgan fingerprint density at radius 3 is 2.85 bits per heavy atom. The highest BCUT2D eigenvalue weighted by Gasteiger charge is 2.18. The van der Waals surface area contributed by atoms with Gasteiger partial charge < -0.3 is 0 Å². The van der Waals surface area contributed by atoms with Gasteiger partial charge >= 0.3 is 10.2 Å². The minimum absolute atomic E-state index is 0.429. The summed E-state index contributed by atoms with van der Waals surface area (Å²) in [7, 11) is -4.76. The molecule has 0 aliphatic heterocycles. The van der Waals surface area contributed by atoms with Crippen LogP contribution in [0.5, 0.6) is 0 Å². The van der Waals surface area contributed by atoms with Crippen molar-refractivity contribution in [2.24, 2.45) is 0 Å². The number of fused-ring (bicyclic) bond motifs is 1. The third-order valence-electron chi connectivity index (χ3n) is 1.52. The number of imidazole rings is 1. The molecule has 2 aromatic heterocycles. The summed E-state index contributed by atoms with van der Waals surface area (Å²) in [5, 5.41) is -0.620. The standard InChI is InChI=1S/C6H4FN3O2S/c7-13(11,12)6-9-4-5-3-8-1-2-10(5)6/h1-4H. The molecule has 68 valence electrons. The van der Waals surface area contributed by atoms with E-state index >= 15 is 0 Å². The summed E-state index contributed by atoms with van der Waals surface area (Å²) in [5.74, 6) is 0. The van der Waals surface area contributed by atoms with Gasteiger partial charge in [-0.3, -0.25) is 9.38 Å². The molecule has 0 aromatic carbocycles. The highest BCUT2D eigenvalue weighted by Crippen LogP contribution is 2.11. The Bertz CT molecular complexity index is 548. The van der Waals surface area contributed by atoms with Crippen molar-refractivity contribution in [2.75, 3.05) is 0 Å². The van der Waals surface area contributed by atoms with Gasteiger partial charge in [-0.1, -0.05) is 3.89 Å². The van der Waals surface area contributed by atoms with Crippen molar-refractivity contribution in [3.8, 4) is 0 Å². The van der Waals surface area contributed by atoms with Gasteiger partial charge in [0, 0.05) is 12.4 Å². The second-order valence-corrected chi connectivity index (χ2v) is 3.59. The van der Waals surface area contributed by atoms with E-state index in [0.717, 1.165) is 4.40 Å². The van der Waals surface area contributed by atoms with E-state index in [-0.39, 0.29) is 0 Å². The van der Waals surface area contributed by atoms with Gasteiger partial charge in [0.2, 0.25) is 0 Å². The van der Waals surface area contributed by atoms with E-state index in [1.165, 1.54) is 24.8 Å². The lowest BCUT2D eigenvalue weighted by Gasteiger charge is -1.93. The van der Waals surface area contributed by atoms with E-state index in [2.05, 4.69) is 9.97 Å². The number of aromatic nitrogens is 3. The molecule has 5 nitrogen and oxygen atoms in total. The largest absolute Gasteiger partial charge is 0.366 e. The average molecular weight is 201 g/mol. The number of halogens is 1. The molecule has 0 atom stereocenters. The van der Waals surface area contributed by atoms with E-state index in [0.29, 0.717) is 5.52 Å². The summed E-state index contributed by atoms with van der Waals surface area (Å²) in [6.45, 7) is 0. The molecule has 0 spiro atoms. The molecule has 0 aliphatic rings. The van der Waals surface area contributed by atoms with E-state index in [1.807, 2.05) is 0 Å². The predicted molar refractivity (Wildman–Crippen MR) is 41.3 cm³/mol. The van der Waals surface area contributed by atoms with Gasteiger partial charge in [-0.05, 0) is 0 Å². The molecule has 2 rings (SSSR count). The maximum Gasteiger partial charge on any atom is 0.366 e. The Balaban J connectivity index is 2.87. The lowest BCUT2D eigenvalue weighted by molar-refractivity contribution is 0.541. The molecule has 0 radical (unpaired) electrons. The second kappa shape index (κ2) is 2.49. The van der Waals surface area contributed by atoms with Gasteiger partial charge in [0.25, 0.3) is 5.16 Å². The molecule has 0 N–H and O–H groups in total. The molecule has 0 aliphatic carbocycles. The highest BCUT2D eigenvalue weighted by molar-refractivity contribution is 7.86. The summed E-state index contributed by atoms with van der Waals surface area (Å²) in [6, 6.07) is 0. The quantitative estimate of drug-likeness (QED) is 0.626. The Morgan fingerprint density at radius 1 is 1.38 bits per heavy atom. The molecule has 0 amide bonds. The third kappa shape index (κ3) is 1.26. The first kappa shape index (κ1) is 8.11. The minimum atomic E-state index is -4.76. The maximum atomic E-state index is 12.6. The Labute approximate surface area is 73.1 Å². The lowest BCUT2D eigenvalue weighted by atomic mass is 10.6. The highest BCUT2D eigenvalue weighted by atomic mass is 32.3. The molecule has 0 fully saturated rings. The molecule has 0 saturated carbocycles. The van der Waals surface area contributed by atoms with Crippen molar-refractivity contribution in [3.63, 3.8) is 0 Å². The molecule has 7 heteroatoms. The van der Waals surface area contributed by atoms with Crippen molar-refractivity contribution in [2.45, 2.75) is 5.16 Å². The smallest absolute Gasteiger partial charge is 0.285 e. The van der Waals surface area contributed by atoms with Crippen molar-refractivity contribution >= 4 is 15.7 Å². The second-order valence-electron chi connectivity index (χ2n) is 2.35. The van der Waals surface area contributed by atoms with E-state index in [1.54, 1.807) is 0 Å². The number of hydrogen-bond acceptors (Lipinski definition) is 4. The predicted octanol–water partition coefficient (Wildman–Crippen LogP) is 0.387. The Kier molecular flexibility index (Phi) is 1.56. The van der Waals surface area contributed by atoms with Crippen LogP contribution >= 0.6 is 0 Å². The Morgan fingerprint density at radius 2 is 2.15 bits per heavy atom. The SMILES string of the molecule is O=S(=O)(F)c1ncc2cnccn12. The van der Waals surface area contributed by atoms with Crippen LogP contribution in [0.1, 0.15) is 0 Å². The van der Waals surface area contributed by atoms with E-state index < -0.39 is 15.4 Å². The molecule has 0 bridgehead atoms. The monoisotopic (exact) mass is 201 g/mol.